The molecule has 6 aromatic carbocycles. The highest BCUT2D eigenvalue weighted by atomic mass is 15.1. The first-order valence-corrected chi connectivity index (χ1v) is 13.8. The Hall–Kier alpha value is -5.54. The molecule has 0 N–H and O–H groups in total. The molecule has 0 aliphatic carbocycles. The summed E-state index contributed by atoms with van der Waals surface area (Å²) < 4.78 is 0. The summed E-state index contributed by atoms with van der Waals surface area (Å²) in [6, 6.07) is 56.5. The van der Waals surface area contributed by atoms with Crippen LogP contribution in [0.3, 0.4) is 0 Å². The highest BCUT2D eigenvalue weighted by Gasteiger charge is 2.17. The number of aromatic nitrogens is 2. The lowest BCUT2D eigenvalue weighted by atomic mass is 10.0. The van der Waals surface area contributed by atoms with Crippen molar-refractivity contribution in [3.8, 4) is 33.6 Å². The fourth-order valence-corrected chi connectivity index (χ4v) is 5.30. The second-order valence-electron chi connectivity index (χ2n) is 9.88. The molecule has 0 radical (unpaired) electrons. The summed E-state index contributed by atoms with van der Waals surface area (Å²) in [6.07, 6.45) is 0. The number of hydrogen-bond acceptors (Lipinski definition) is 3. The molecule has 1 aromatic heterocycles. The molecule has 0 atom stereocenters. The number of hydrogen-bond donors (Lipinski definition) is 0. The third-order valence-corrected chi connectivity index (χ3v) is 7.25. The van der Waals surface area contributed by atoms with Crippen molar-refractivity contribution in [2.24, 2.45) is 0 Å². The predicted molar refractivity (Wildman–Crippen MR) is 171 cm³/mol. The van der Waals surface area contributed by atoms with Gasteiger partial charge in [0.25, 0.3) is 0 Å². The summed E-state index contributed by atoms with van der Waals surface area (Å²) in [5.41, 5.74) is 11.1. The maximum absolute atomic E-state index is 5.31. The van der Waals surface area contributed by atoms with Crippen molar-refractivity contribution in [1.29, 1.82) is 0 Å². The van der Waals surface area contributed by atoms with Crippen LogP contribution in [0.25, 0.3) is 44.7 Å². The van der Waals surface area contributed by atoms with Crippen LogP contribution in [0.4, 0.5) is 17.1 Å². The second-order valence-corrected chi connectivity index (χ2v) is 9.88. The highest BCUT2D eigenvalue weighted by Crippen LogP contribution is 2.38. The van der Waals surface area contributed by atoms with E-state index in [4.69, 9.17) is 9.97 Å². The van der Waals surface area contributed by atoms with E-state index >= 15 is 0 Å². The van der Waals surface area contributed by atoms with Gasteiger partial charge in [0.2, 0.25) is 0 Å². The lowest BCUT2D eigenvalue weighted by Gasteiger charge is -2.25. The Morgan fingerprint density at radius 1 is 0.341 bits per heavy atom. The Balaban J connectivity index is 1.39. The van der Waals surface area contributed by atoms with E-state index in [1.807, 2.05) is 42.5 Å². The van der Waals surface area contributed by atoms with Gasteiger partial charge in [-0.15, -0.1) is 0 Å². The first-order chi connectivity index (χ1) is 20.3. The van der Waals surface area contributed by atoms with Crippen LogP contribution in [0.5, 0.6) is 0 Å². The lowest BCUT2D eigenvalue weighted by Crippen LogP contribution is -2.09. The van der Waals surface area contributed by atoms with Gasteiger partial charge in [-0.05, 0) is 48.0 Å². The largest absolute Gasteiger partial charge is 0.311 e. The van der Waals surface area contributed by atoms with Gasteiger partial charge in [-0.25, -0.2) is 9.97 Å². The van der Waals surface area contributed by atoms with E-state index in [1.54, 1.807) is 0 Å². The molecule has 0 amide bonds. The van der Waals surface area contributed by atoms with Gasteiger partial charge in [0.1, 0.15) is 0 Å². The smallest absolute Gasteiger partial charge is 0.0973 e. The van der Waals surface area contributed by atoms with E-state index in [0.29, 0.717) is 0 Å². The van der Waals surface area contributed by atoms with E-state index < -0.39 is 0 Å². The molecule has 1 heterocycles. The monoisotopic (exact) mass is 525 g/mol. The maximum atomic E-state index is 5.31. The summed E-state index contributed by atoms with van der Waals surface area (Å²) in [4.78, 5) is 12.8. The van der Waals surface area contributed by atoms with Crippen molar-refractivity contribution < 1.29 is 0 Å². The van der Waals surface area contributed by atoms with Gasteiger partial charge in [0.15, 0.2) is 0 Å². The van der Waals surface area contributed by atoms with Crippen molar-refractivity contribution >= 4 is 28.1 Å². The van der Waals surface area contributed by atoms with Crippen molar-refractivity contribution in [1.82, 2.24) is 9.97 Å². The van der Waals surface area contributed by atoms with Crippen molar-refractivity contribution in [3.63, 3.8) is 0 Å². The second kappa shape index (κ2) is 10.9. The molecule has 7 aromatic rings. The Labute approximate surface area is 240 Å². The molecule has 0 aliphatic heterocycles. The zero-order valence-corrected chi connectivity index (χ0v) is 22.4. The molecule has 3 nitrogen and oxygen atoms in total. The van der Waals surface area contributed by atoms with Gasteiger partial charge in [-0.3, -0.25) is 0 Å². The molecule has 0 aliphatic rings. The summed E-state index contributed by atoms with van der Waals surface area (Å²) in [7, 11) is 0. The Bertz CT molecular complexity index is 1860. The first kappa shape index (κ1) is 24.5. The van der Waals surface area contributed by atoms with Crippen molar-refractivity contribution in [2.75, 3.05) is 4.90 Å². The summed E-state index contributed by atoms with van der Waals surface area (Å²) >= 11 is 0. The Kier molecular flexibility index (Phi) is 6.52. The van der Waals surface area contributed by atoms with E-state index in [0.717, 1.165) is 61.7 Å². The van der Waals surface area contributed by atoms with Crippen LogP contribution >= 0.6 is 0 Å². The van der Waals surface area contributed by atoms with Crippen LogP contribution in [0, 0.1) is 0 Å². The van der Waals surface area contributed by atoms with Gasteiger partial charge >= 0.3 is 0 Å². The number of nitrogens with zero attached hydrogens (tertiary/aromatic N) is 3. The number of para-hydroxylation sites is 3. The highest BCUT2D eigenvalue weighted by molar-refractivity contribution is 5.95. The average molecular weight is 526 g/mol. The van der Waals surface area contributed by atoms with E-state index in [1.165, 1.54) is 0 Å². The van der Waals surface area contributed by atoms with Crippen LogP contribution in [0.15, 0.2) is 164 Å². The molecule has 0 saturated heterocycles. The number of anilines is 3. The van der Waals surface area contributed by atoms with Crippen LogP contribution in [0.2, 0.25) is 0 Å². The van der Waals surface area contributed by atoms with Gasteiger partial charge in [0.05, 0.1) is 22.4 Å². The minimum absolute atomic E-state index is 0.865. The normalized spacial score (nSPS) is 10.9. The van der Waals surface area contributed by atoms with Gasteiger partial charge in [0, 0.05) is 33.8 Å². The van der Waals surface area contributed by atoms with Crippen LogP contribution < -0.4 is 4.90 Å². The SMILES string of the molecule is c1ccc(-c2nc3cccc(-c4ccccc4)c3nc2-c2ccc(N(c3ccccc3)c3ccccc3)cc2)cc1. The van der Waals surface area contributed by atoms with E-state index in [2.05, 4.69) is 126 Å². The predicted octanol–water partition coefficient (Wildman–Crippen LogP) is 10.1. The van der Waals surface area contributed by atoms with Gasteiger partial charge < -0.3 is 4.90 Å². The van der Waals surface area contributed by atoms with Crippen LogP contribution in [-0.4, -0.2) is 9.97 Å². The first-order valence-electron chi connectivity index (χ1n) is 13.8. The molecule has 0 bridgehead atoms. The lowest BCUT2D eigenvalue weighted by molar-refractivity contribution is 1.27. The Morgan fingerprint density at radius 2 is 0.805 bits per heavy atom. The topological polar surface area (TPSA) is 29.0 Å². The van der Waals surface area contributed by atoms with Crippen molar-refractivity contribution in [2.45, 2.75) is 0 Å². The molecule has 7 rings (SSSR count). The zero-order valence-electron chi connectivity index (χ0n) is 22.4. The van der Waals surface area contributed by atoms with Crippen LogP contribution in [-0.2, 0) is 0 Å². The third kappa shape index (κ3) is 4.86. The van der Waals surface area contributed by atoms with Crippen LogP contribution in [0.1, 0.15) is 0 Å². The Morgan fingerprint density at radius 3 is 1.39 bits per heavy atom. The minimum atomic E-state index is 0.865. The molecule has 0 unspecified atom stereocenters. The third-order valence-electron chi connectivity index (χ3n) is 7.25. The molecule has 0 saturated carbocycles. The summed E-state index contributed by atoms with van der Waals surface area (Å²) in [5, 5.41) is 0. The molecule has 0 fully saturated rings. The van der Waals surface area contributed by atoms with E-state index in [9.17, 15) is 0 Å². The molecule has 3 heteroatoms. The molecular weight excluding hydrogens is 498 g/mol. The van der Waals surface area contributed by atoms with E-state index in [-0.39, 0.29) is 0 Å². The van der Waals surface area contributed by atoms with Crippen molar-refractivity contribution in [3.05, 3.63) is 164 Å². The maximum Gasteiger partial charge on any atom is 0.0973 e. The number of benzene rings is 6. The molecule has 0 spiro atoms. The van der Waals surface area contributed by atoms with Gasteiger partial charge in [-0.2, -0.15) is 0 Å². The molecule has 194 valence electrons. The fraction of sp³-hybridized carbons (Fsp3) is 0. The standard InChI is InChI=1S/C38H27N3/c1-5-14-28(15-6-1)34-22-13-23-35-38(34)40-37(36(39-35)29-16-7-2-8-17-29)30-24-26-33(27-25-30)41(31-18-9-3-10-19-31)32-20-11-4-12-21-32/h1-27H. The summed E-state index contributed by atoms with van der Waals surface area (Å²) in [5.74, 6) is 0. The van der Waals surface area contributed by atoms with Gasteiger partial charge in [-0.1, -0.05) is 121 Å². The summed E-state index contributed by atoms with van der Waals surface area (Å²) in [6.45, 7) is 0. The zero-order chi connectivity index (χ0) is 27.4. The number of rotatable bonds is 6. The molecule has 41 heavy (non-hydrogen) atoms. The fourth-order valence-electron chi connectivity index (χ4n) is 5.30. The minimum Gasteiger partial charge on any atom is -0.311 e. The number of fused-ring (bicyclic) bond motifs is 1. The average Bonchev–Trinajstić information content (AvgIpc) is 3.06. The quantitative estimate of drug-likeness (QED) is 0.216. The molecular formula is C38H27N3.